The summed E-state index contributed by atoms with van der Waals surface area (Å²) in [5.41, 5.74) is 1.94. The number of anilines is 1. The van der Waals surface area contributed by atoms with Crippen molar-refractivity contribution in [2.75, 3.05) is 11.9 Å². The van der Waals surface area contributed by atoms with Gasteiger partial charge in [-0.1, -0.05) is 25.4 Å². The highest BCUT2D eigenvalue weighted by atomic mass is 35.5. The number of hydrogen-bond acceptors (Lipinski definition) is 3. The first kappa shape index (κ1) is 17.8. The normalized spacial score (nSPS) is 14.0. The second kappa shape index (κ2) is 7.48. The van der Waals surface area contributed by atoms with Crippen LogP contribution in [0.3, 0.4) is 0 Å². The molecule has 0 saturated heterocycles. The second-order valence-electron chi connectivity index (χ2n) is 7.05. The molecule has 134 valence electrons. The molecular formula is C19H24ClN3O2. The van der Waals surface area contributed by atoms with E-state index in [-0.39, 0.29) is 11.8 Å². The Kier molecular flexibility index (Phi) is 5.33. The van der Waals surface area contributed by atoms with Crippen LogP contribution in [0.5, 0.6) is 5.75 Å². The third kappa shape index (κ3) is 4.75. The maximum absolute atomic E-state index is 11.9. The Morgan fingerprint density at radius 3 is 2.84 bits per heavy atom. The third-order valence-electron chi connectivity index (χ3n) is 4.10. The van der Waals surface area contributed by atoms with Crippen LogP contribution in [0.2, 0.25) is 5.02 Å². The Hall–Kier alpha value is -2.01. The van der Waals surface area contributed by atoms with Crippen LogP contribution in [0, 0.1) is 18.8 Å². The molecule has 0 atom stereocenters. The lowest BCUT2D eigenvalue weighted by Crippen LogP contribution is -2.14. The molecule has 1 heterocycles. The standard InChI is InChI=1S/C19H24ClN3O2/c1-12(2)11-25-17-7-6-16(20)9-15(17)10-23-13(3)8-18(22-23)21-19(24)14-4-5-14/h6-9,12,14H,4-5,10-11H2,1-3H3,(H,21,22,24). The largest absolute Gasteiger partial charge is 0.493 e. The Labute approximate surface area is 153 Å². The lowest BCUT2D eigenvalue weighted by Gasteiger charge is -2.14. The lowest BCUT2D eigenvalue weighted by molar-refractivity contribution is -0.117. The van der Waals surface area contributed by atoms with Gasteiger partial charge in [0.2, 0.25) is 5.91 Å². The summed E-state index contributed by atoms with van der Waals surface area (Å²) in [6.45, 7) is 7.39. The molecule has 3 rings (SSSR count). The van der Waals surface area contributed by atoms with E-state index in [1.54, 1.807) is 0 Å². The molecule has 6 heteroatoms. The van der Waals surface area contributed by atoms with Crippen molar-refractivity contribution in [3.05, 3.63) is 40.5 Å². The van der Waals surface area contributed by atoms with Gasteiger partial charge in [0.1, 0.15) is 5.75 Å². The maximum Gasteiger partial charge on any atom is 0.228 e. The molecule has 1 aromatic carbocycles. The zero-order valence-corrected chi connectivity index (χ0v) is 15.6. The van der Waals surface area contributed by atoms with Crippen LogP contribution in [0.4, 0.5) is 5.82 Å². The molecule has 0 radical (unpaired) electrons. The summed E-state index contributed by atoms with van der Waals surface area (Å²) < 4.78 is 7.76. The van der Waals surface area contributed by atoms with E-state index in [0.717, 1.165) is 29.8 Å². The van der Waals surface area contributed by atoms with Gasteiger partial charge < -0.3 is 10.1 Å². The van der Waals surface area contributed by atoms with Gasteiger partial charge in [0, 0.05) is 28.3 Å². The first-order chi connectivity index (χ1) is 11.9. The fourth-order valence-corrected chi connectivity index (χ4v) is 2.73. The van der Waals surface area contributed by atoms with E-state index in [1.807, 2.05) is 35.9 Å². The van der Waals surface area contributed by atoms with Crippen molar-refractivity contribution in [3.63, 3.8) is 0 Å². The van der Waals surface area contributed by atoms with Crippen molar-refractivity contribution < 1.29 is 9.53 Å². The molecule has 0 spiro atoms. The van der Waals surface area contributed by atoms with Crippen LogP contribution < -0.4 is 10.1 Å². The highest BCUT2D eigenvalue weighted by Gasteiger charge is 2.30. The number of aromatic nitrogens is 2. The lowest BCUT2D eigenvalue weighted by atomic mass is 10.2. The average Bonchev–Trinajstić information content (AvgIpc) is 3.33. The van der Waals surface area contributed by atoms with Crippen LogP contribution in [0.1, 0.15) is 37.9 Å². The van der Waals surface area contributed by atoms with E-state index in [0.29, 0.717) is 29.9 Å². The number of aryl methyl sites for hydroxylation is 1. The number of carbonyl (C=O) groups excluding carboxylic acids is 1. The summed E-state index contributed by atoms with van der Waals surface area (Å²) >= 11 is 6.16. The van der Waals surface area contributed by atoms with Gasteiger partial charge in [0.15, 0.2) is 5.82 Å². The van der Waals surface area contributed by atoms with Gasteiger partial charge in [-0.2, -0.15) is 5.10 Å². The van der Waals surface area contributed by atoms with Crippen molar-refractivity contribution in [1.82, 2.24) is 9.78 Å². The number of nitrogens with zero attached hydrogens (tertiary/aromatic N) is 2. The van der Waals surface area contributed by atoms with E-state index >= 15 is 0 Å². The molecule has 1 saturated carbocycles. The zero-order valence-electron chi connectivity index (χ0n) is 14.9. The molecule has 25 heavy (non-hydrogen) atoms. The summed E-state index contributed by atoms with van der Waals surface area (Å²) in [6, 6.07) is 7.52. The third-order valence-corrected chi connectivity index (χ3v) is 4.33. The number of carbonyl (C=O) groups is 1. The predicted octanol–water partition coefficient (Wildman–Crippen LogP) is 4.28. The van der Waals surface area contributed by atoms with E-state index in [1.165, 1.54) is 0 Å². The Bertz CT molecular complexity index is 766. The molecule has 1 amide bonds. The molecule has 2 aromatic rings. The predicted molar refractivity (Wildman–Crippen MR) is 99.2 cm³/mol. The maximum atomic E-state index is 11.9. The molecule has 1 N–H and O–H groups in total. The first-order valence-electron chi connectivity index (χ1n) is 8.69. The SMILES string of the molecule is Cc1cc(NC(=O)C2CC2)nn1Cc1cc(Cl)ccc1OCC(C)C. The van der Waals surface area contributed by atoms with Gasteiger partial charge in [0.25, 0.3) is 0 Å². The summed E-state index contributed by atoms with van der Waals surface area (Å²) in [6.07, 6.45) is 1.95. The van der Waals surface area contributed by atoms with Crippen molar-refractivity contribution >= 4 is 23.3 Å². The van der Waals surface area contributed by atoms with Crippen LogP contribution in [0.15, 0.2) is 24.3 Å². The van der Waals surface area contributed by atoms with Gasteiger partial charge in [-0.15, -0.1) is 0 Å². The van der Waals surface area contributed by atoms with Gasteiger partial charge in [-0.3, -0.25) is 9.48 Å². The van der Waals surface area contributed by atoms with Gasteiger partial charge in [-0.25, -0.2) is 0 Å². The van der Waals surface area contributed by atoms with Crippen molar-refractivity contribution in [2.24, 2.45) is 11.8 Å². The Balaban J connectivity index is 1.75. The number of rotatable bonds is 7. The van der Waals surface area contributed by atoms with Gasteiger partial charge in [-0.05, 0) is 43.9 Å². The topological polar surface area (TPSA) is 56.2 Å². The summed E-state index contributed by atoms with van der Waals surface area (Å²) in [4.78, 5) is 11.9. The monoisotopic (exact) mass is 361 g/mol. The summed E-state index contributed by atoms with van der Waals surface area (Å²) in [5, 5.41) is 8.06. The molecule has 1 fully saturated rings. The minimum atomic E-state index is 0.0633. The van der Waals surface area contributed by atoms with E-state index in [9.17, 15) is 4.79 Å². The minimum Gasteiger partial charge on any atom is -0.493 e. The smallest absolute Gasteiger partial charge is 0.228 e. The van der Waals surface area contributed by atoms with Gasteiger partial charge in [0.05, 0.1) is 13.2 Å². The van der Waals surface area contributed by atoms with Crippen LogP contribution in [-0.2, 0) is 11.3 Å². The molecule has 0 bridgehead atoms. The summed E-state index contributed by atoms with van der Waals surface area (Å²) in [5.74, 6) is 2.08. The average molecular weight is 362 g/mol. The quantitative estimate of drug-likeness (QED) is 0.800. The highest BCUT2D eigenvalue weighted by molar-refractivity contribution is 6.30. The zero-order chi connectivity index (χ0) is 18.0. The molecule has 0 unspecified atom stereocenters. The number of ether oxygens (including phenoxy) is 1. The van der Waals surface area contributed by atoms with Crippen LogP contribution in [-0.4, -0.2) is 22.3 Å². The van der Waals surface area contributed by atoms with E-state index in [2.05, 4.69) is 24.3 Å². The number of hydrogen-bond donors (Lipinski definition) is 1. The molecule has 5 nitrogen and oxygen atoms in total. The Morgan fingerprint density at radius 1 is 1.40 bits per heavy atom. The number of benzene rings is 1. The second-order valence-corrected chi connectivity index (χ2v) is 7.49. The van der Waals surface area contributed by atoms with E-state index in [4.69, 9.17) is 16.3 Å². The molecule has 1 aliphatic rings. The van der Waals surface area contributed by atoms with Crippen molar-refractivity contribution in [1.29, 1.82) is 0 Å². The number of nitrogens with one attached hydrogen (secondary N) is 1. The van der Waals surface area contributed by atoms with Gasteiger partial charge >= 0.3 is 0 Å². The Morgan fingerprint density at radius 2 is 2.16 bits per heavy atom. The number of halogens is 1. The highest BCUT2D eigenvalue weighted by Crippen LogP contribution is 2.30. The van der Waals surface area contributed by atoms with Crippen molar-refractivity contribution in [2.45, 2.75) is 40.2 Å². The summed E-state index contributed by atoms with van der Waals surface area (Å²) in [7, 11) is 0. The van der Waals surface area contributed by atoms with E-state index < -0.39 is 0 Å². The van der Waals surface area contributed by atoms with Crippen LogP contribution in [0.25, 0.3) is 0 Å². The molecule has 0 aliphatic heterocycles. The molecule has 1 aliphatic carbocycles. The first-order valence-corrected chi connectivity index (χ1v) is 9.06. The molecular weight excluding hydrogens is 338 g/mol. The fraction of sp³-hybridized carbons (Fsp3) is 0.474. The molecule has 1 aromatic heterocycles. The van der Waals surface area contributed by atoms with Crippen LogP contribution >= 0.6 is 11.6 Å². The number of amides is 1. The minimum absolute atomic E-state index is 0.0633. The van der Waals surface area contributed by atoms with Crippen molar-refractivity contribution in [3.8, 4) is 5.75 Å². The fourth-order valence-electron chi connectivity index (χ4n) is 2.54.